The van der Waals surface area contributed by atoms with Crippen LogP contribution in [0.4, 0.5) is 43.9 Å². The van der Waals surface area contributed by atoms with Crippen molar-refractivity contribution in [3.63, 3.8) is 0 Å². The van der Waals surface area contributed by atoms with Crippen molar-refractivity contribution >= 4 is 5.97 Å². The quantitative estimate of drug-likeness (QED) is 0.533. The third-order valence-corrected chi connectivity index (χ3v) is 3.95. The maximum absolute atomic E-state index is 13.5. The Balaban J connectivity index is 3.51. The van der Waals surface area contributed by atoms with Crippen LogP contribution in [0.2, 0.25) is 0 Å². The van der Waals surface area contributed by atoms with Crippen LogP contribution in [0.1, 0.15) is 27.2 Å². The van der Waals surface area contributed by atoms with Crippen LogP contribution in [-0.4, -0.2) is 41.7 Å². The summed E-state index contributed by atoms with van der Waals surface area (Å²) in [6, 6.07) is 0. The van der Waals surface area contributed by atoms with Crippen LogP contribution in [0.5, 0.6) is 0 Å². The Bertz CT molecular complexity index is 496. The SMILES string of the molecule is CCC(C)(C)C(=O)OC1C(F)(F)C(F)(F)C(F)(F)C(F)(F)C1(F)F. The van der Waals surface area contributed by atoms with E-state index in [0.29, 0.717) is 0 Å². The molecule has 0 aromatic heterocycles. The van der Waals surface area contributed by atoms with E-state index in [0.717, 1.165) is 13.8 Å². The first-order valence-electron chi connectivity index (χ1n) is 6.42. The molecule has 0 N–H and O–H groups in total. The van der Waals surface area contributed by atoms with Crippen LogP contribution in [-0.2, 0) is 9.53 Å². The number of rotatable bonds is 3. The number of carbonyl (C=O) groups excluding carboxylic acids is 1. The number of halogens is 10. The van der Waals surface area contributed by atoms with E-state index in [-0.39, 0.29) is 6.42 Å². The van der Waals surface area contributed by atoms with Crippen molar-refractivity contribution in [2.45, 2.75) is 62.9 Å². The molecule has 0 aliphatic heterocycles. The van der Waals surface area contributed by atoms with Gasteiger partial charge in [0.25, 0.3) is 0 Å². The highest BCUT2D eigenvalue weighted by atomic mass is 19.4. The molecule has 0 unspecified atom stereocenters. The average molecular weight is 378 g/mol. The zero-order chi connectivity index (χ0) is 19.6. The van der Waals surface area contributed by atoms with Crippen molar-refractivity contribution in [1.82, 2.24) is 0 Å². The Hall–Kier alpha value is -1.23. The van der Waals surface area contributed by atoms with Gasteiger partial charge in [0.2, 0.25) is 6.10 Å². The summed E-state index contributed by atoms with van der Waals surface area (Å²) in [5.41, 5.74) is -1.78. The van der Waals surface area contributed by atoms with Gasteiger partial charge in [-0.05, 0) is 20.3 Å². The van der Waals surface area contributed by atoms with Crippen LogP contribution >= 0.6 is 0 Å². The van der Waals surface area contributed by atoms with E-state index in [1.165, 1.54) is 6.92 Å². The average Bonchev–Trinajstić information content (AvgIpc) is 2.41. The molecule has 1 fully saturated rings. The van der Waals surface area contributed by atoms with Gasteiger partial charge >= 0.3 is 35.6 Å². The fraction of sp³-hybridized carbons (Fsp3) is 0.917. The maximum Gasteiger partial charge on any atom is 0.384 e. The molecule has 0 radical (unpaired) electrons. The number of hydrogen-bond acceptors (Lipinski definition) is 2. The lowest BCUT2D eigenvalue weighted by atomic mass is 9.80. The van der Waals surface area contributed by atoms with Gasteiger partial charge in [-0.25, -0.2) is 0 Å². The molecule has 0 atom stereocenters. The first kappa shape index (κ1) is 20.8. The predicted molar refractivity (Wildman–Crippen MR) is 58.7 cm³/mol. The molecule has 0 saturated heterocycles. The molecule has 1 aliphatic carbocycles. The molecular formula is C12H12F10O2. The number of hydrogen-bond donors (Lipinski definition) is 0. The van der Waals surface area contributed by atoms with E-state index in [9.17, 15) is 48.7 Å². The molecule has 0 aromatic rings. The lowest BCUT2D eigenvalue weighted by molar-refractivity contribution is -0.469. The van der Waals surface area contributed by atoms with Crippen molar-refractivity contribution in [1.29, 1.82) is 0 Å². The zero-order valence-corrected chi connectivity index (χ0v) is 12.4. The molecule has 0 aromatic carbocycles. The Morgan fingerprint density at radius 3 is 1.46 bits per heavy atom. The molecule has 0 spiro atoms. The number of carbonyl (C=O) groups is 1. The summed E-state index contributed by atoms with van der Waals surface area (Å²) in [6.45, 7) is 3.20. The third-order valence-electron chi connectivity index (χ3n) is 3.95. The van der Waals surface area contributed by atoms with Crippen LogP contribution in [0, 0.1) is 5.41 Å². The topological polar surface area (TPSA) is 26.3 Å². The zero-order valence-electron chi connectivity index (χ0n) is 12.4. The second kappa shape index (κ2) is 5.13. The Morgan fingerprint density at radius 2 is 1.17 bits per heavy atom. The molecule has 24 heavy (non-hydrogen) atoms. The fourth-order valence-electron chi connectivity index (χ4n) is 1.73. The van der Waals surface area contributed by atoms with E-state index in [1.54, 1.807) is 0 Å². The van der Waals surface area contributed by atoms with Crippen LogP contribution < -0.4 is 0 Å². The highest BCUT2D eigenvalue weighted by Gasteiger charge is 2.96. The number of ether oxygens (including phenoxy) is 1. The fourth-order valence-corrected chi connectivity index (χ4v) is 1.73. The summed E-state index contributed by atoms with van der Waals surface area (Å²) in [4.78, 5) is 11.6. The van der Waals surface area contributed by atoms with Gasteiger partial charge in [-0.2, -0.15) is 43.9 Å². The van der Waals surface area contributed by atoms with Gasteiger partial charge in [0.1, 0.15) is 0 Å². The van der Waals surface area contributed by atoms with E-state index < -0.39 is 47.1 Å². The molecule has 0 bridgehead atoms. The summed E-state index contributed by atoms with van der Waals surface area (Å²) in [6.07, 6.45) is -4.99. The Kier molecular flexibility index (Phi) is 4.45. The molecule has 142 valence electrons. The smallest absolute Gasteiger partial charge is 0.384 e. The first-order valence-corrected chi connectivity index (χ1v) is 6.42. The van der Waals surface area contributed by atoms with E-state index in [2.05, 4.69) is 4.74 Å². The molecular weight excluding hydrogens is 366 g/mol. The lowest BCUT2D eigenvalue weighted by Gasteiger charge is -2.49. The van der Waals surface area contributed by atoms with Gasteiger partial charge < -0.3 is 4.74 Å². The number of alkyl halides is 10. The molecule has 1 saturated carbocycles. The number of esters is 1. The summed E-state index contributed by atoms with van der Waals surface area (Å²) >= 11 is 0. The highest BCUT2D eigenvalue weighted by molar-refractivity contribution is 5.76. The van der Waals surface area contributed by atoms with Gasteiger partial charge in [-0.15, -0.1) is 0 Å². The highest BCUT2D eigenvalue weighted by Crippen LogP contribution is 2.65. The van der Waals surface area contributed by atoms with Crippen molar-refractivity contribution in [2.24, 2.45) is 5.41 Å². The van der Waals surface area contributed by atoms with Gasteiger partial charge in [-0.1, -0.05) is 6.92 Å². The minimum atomic E-state index is -7.07. The second-order valence-corrected chi connectivity index (χ2v) is 5.99. The summed E-state index contributed by atoms with van der Waals surface area (Å²) in [7, 11) is 0. The minimum absolute atomic E-state index is 0.224. The molecule has 0 amide bonds. The van der Waals surface area contributed by atoms with Crippen LogP contribution in [0.25, 0.3) is 0 Å². The van der Waals surface area contributed by atoms with Gasteiger partial charge in [-0.3, -0.25) is 4.79 Å². The second-order valence-electron chi connectivity index (χ2n) is 5.99. The molecule has 12 heteroatoms. The monoisotopic (exact) mass is 378 g/mol. The Morgan fingerprint density at radius 1 is 0.833 bits per heavy atom. The Labute approximate surface area is 129 Å². The standard InChI is InChI=1S/C12H12F10O2/c1-4-7(2,3)6(23)24-5-8(13,14)10(17,18)12(21,22)11(19,20)9(5,15)16/h5H,4H2,1-3H3. The summed E-state index contributed by atoms with van der Waals surface area (Å²) in [5, 5.41) is 0. The van der Waals surface area contributed by atoms with Crippen molar-refractivity contribution in [3.05, 3.63) is 0 Å². The minimum Gasteiger partial charge on any atom is -0.448 e. The first-order chi connectivity index (χ1) is 10.3. The molecule has 1 rings (SSSR count). The largest absolute Gasteiger partial charge is 0.448 e. The van der Waals surface area contributed by atoms with E-state index >= 15 is 0 Å². The normalized spacial score (nSPS) is 27.5. The van der Waals surface area contributed by atoms with Crippen LogP contribution in [0.3, 0.4) is 0 Å². The van der Waals surface area contributed by atoms with Crippen molar-refractivity contribution < 1.29 is 53.4 Å². The predicted octanol–water partition coefficient (Wildman–Crippen LogP) is 4.52. The molecule has 2 nitrogen and oxygen atoms in total. The van der Waals surface area contributed by atoms with E-state index in [1.807, 2.05) is 0 Å². The third kappa shape index (κ3) is 2.27. The van der Waals surface area contributed by atoms with Crippen LogP contribution in [0.15, 0.2) is 0 Å². The van der Waals surface area contributed by atoms with Gasteiger partial charge in [0.15, 0.2) is 0 Å². The molecule has 0 heterocycles. The van der Waals surface area contributed by atoms with Crippen molar-refractivity contribution in [3.8, 4) is 0 Å². The lowest BCUT2D eigenvalue weighted by Crippen LogP contribution is -2.80. The maximum atomic E-state index is 13.5. The van der Waals surface area contributed by atoms with Gasteiger partial charge in [0.05, 0.1) is 5.41 Å². The van der Waals surface area contributed by atoms with Gasteiger partial charge in [0, 0.05) is 0 Å². The summed E-state index contributed by atoms with van der Waals surface area (Å²) in [5.74, 6) is -35.7. The summed E-state index contributed by atoms with van der Waals surface area (Å²) < 4.78 is 136. The van der Waals surface area contributed by atoms with E-state index in [4.69, 9.17) is 0 Å². The molecule has 1 aliphatic rings. The van der Waals surface area contributed by atoms with Crippen molar-refractivity contribution in [2.75, 3.05) is 0 Å².